The molecule has 4 heteroatoms. The zero-order valence-corrected chi connectivity index (χ0v) is 46.1. The molecular formula is C71H75BN2O. The van der Waals surface area contributed by atoms with Crippen molar-refractivity contribution in [2.45, 2.75) is 172 Å². The number of hydrogen-bond acceptors (Lipinski definition) is 2. The topological polar surface area (TPSA) is 21.3 Å². The van der Waals surface area contributed by atoms with Crippen molar-refractivity contribution in [1.29, 1.82) is 0 Å². The zero-order chi connectivity index (χ0) is 50.4. The maximum absolute atomic E-state index is 7.85. The number of nitrogens with zero attached hydrogens (tertiary/aromatic N) is 2. The van der Waals surface area contributed by atoms with Crippen LogP contribution in [0.25, 0.3) is 55.0 Å². The van der Waals surface area contributed by atoms with Gasteiger partial charge in [0.15, 0.2) is 0 Å². The Hall–Kier alpha value is -5.48. The lowest BCUT2D eigenvalue weighted by molar-refractivity contribution is -0.00527. The highest BCUT2D eigenvalue weighted by molar-refractivity contribution is 6.89. The van der Waals surface area contributed by atoms with Crippen molar-refractivity contribution in [3.63, 3.8) is 0 Å². The number of aromatic nitrogens is 1. The molecule has 0 N–H and O–H groups in total. The summed E-state index contributed by atoms with van der Waals surface area (Å²) in [6.45, 7) is 19.2. The van der Waals surface area contributed by atoms with Gasteiger partial charge in [-0.1, -0.05) is 97.0 Å². The highest BCUT2D eigenvalue weighted by atomic mass is 16.3. The molecule has 2 aromatic heterocycles. The third-order valence-corrected chi connectivity index (χ3v) is 22.9. The van der Waals surface area contributed by atoms with E-state index in [1.807, 2.05) is 0 Å². The Bertz CT molecular complexity index is 3740. The van der Waals surface area contributed by atoms with Crippen LogP contribution in [-0.4, -0.2) is 11.3 Å². The van der Waals surface area contributed by atoms with E-state index >= 15 is 0 Å². The first-order chi connectivity index (χ1) is 36.0. The summed E-state index contributed by atoms with van der Waals surface area (Å²) in [7, 11) is 0. The van der Waals surface area contributed by atoms with E-state index in [9.17, 15) is 0 Å². The van der Waals surface area contributed by atoms with Crippen LogP contribution in [0.4, 0.5) is 17.1 Å². The predicted octanol–water partition coefficient (Wildman–Crippen LogP) is 17.5. The summed E-state index contributed by atoms with van der Waals surface area (Å²) in [5, 5.41) is 4.22. The smallest absolute Gasteiger partial charge is 0.375 e. The van der Waals surface area contributed by atoms with Crippen LogP contribution in [0.15, 0.2) is 108 Å². The molecule has 0 radical (unpaired) electrons. The maximum Gasteiger partial charge on any atom is 0.375 e. The largest absolute Gasteiger partial charge is 0.466 e. The number of anilines is 3. The van der Waals surface area contributed by atoms with Crippen molar-refractivity contribution >= 4 is 67.8 Å². The maximum atomic E-state index is 7.85. The number of hydrogen-bond donors (Lipinski definition) is 0. The van der Waals surface area contributed by atoms with Crippen LogP contribution in [0, 0.1) is 42.4 Å². The monoisotopic (exact) mass is 983 g/mol. The van der Waals surface area contributed by atoms with Gasteiger partial charge in [0.05, 0.1) is 11.4 Å². The molecule has 0 spiro atoms. The quantitative estimate of drug-likeness (QED) is 0.164. The average Bonchev–Trinajstić information content (AvgIpc) is 3.98. The van der Waals surface area contributed by atoms with E-state index in [-0.39, 0.29) is 28.5 Å². The standard InChI is InChI=1S/C71H75BN2O/c1-40-20-53-55-31-50(71-37-44-25-45(38-71)27-46(26-44)39-71)30-54-52-29-49(70-34-41-22-42(35-70)24-43(23-41)36-70)15-17-60(52)74(64(54)55)72-63(53)61(21-40)73(59-16-14-48(67(2,3)4)28-51(59)47-12-10-9-11-13-47)65-56-32-57-58(33-62(56)75-66(65)72)69(7,8)19-18-68(57,5)6/h9-17,20-21,28-33,41-46H,18-19,22-27,34-39H2,1-8H3. The lowest BCUT2D eigenvalue weighted by atomic mass is 9.46. The van der Waals surface area contributed by atoms with Crippen molar-refractivity contribution in [3.8, 4) is 22.3 Å². The van der Waals surface area contributed by atoms with E-state index in [1.165, 1.54) is 184 Å². The molecule has 3 nitrogen and oxygen atoms in total. The van der Waals surface area contributed by atoms with Crippen molar-refractivity contribution in [1.82, 2.24) is 4.48 Å². The summed E-state index contributed by atoms with van der Waals surface area (Å²) >= 11 is 0. The summed E-state index contributed by atoms with van der Waals surface area (Å²) in [6, 6.07) is 42.5. The first kappa shape index (κ1) is 44.6. The first-order valence-corrected chi connectivity index (χ1v) is 29.9. The van der Waals surface area contributed by atoms with E-state index in [2.05, 4.69) is 168 Å². The second-order valence-corrected chi connectivity index (χ2v) is 29.7. The normalized spacial score (nSPS) is 29.9. The third-order valence-electron chi connectivity index (χ3n) is 22.9. The Balaban J connectivity index is 0.989. The highest BCUT2D eigenvalue weighted by Crippen LogP contribution is 2.64. The zero-order valence-electron chi connectivity index (χ0n) is 46.1. The fraction of sp³-hybridized carbons (Fsp3) is 0.465. The van der Waals surface area contributed by atoms with Crippen LogP contribution in [0.3, 0.4) is 0 Å². The van der Waals surface area contributed by atoms with E-state index in [0.29, 0.717) is 5.41 Å². The van der Waals surface area contributed by atoms with Gasteiger partial charge in [0, 0.05) is 44.0 Å². The molecule has 8 saturated carbocycles. The van der Waals surface area contributed by atoms with Crippen LogP contribution in [0.2, 0.25) is 0 Å². The summed E-state index contributed by atoms with van der Waals surface area (Å²) < 4.78 is 10.7. The van der Waals surface area contributed by atoms with E-state index in [1.54, 1.807) is 11.1 Å². The molecule has 75 heavy (non-hydrogen) atoms. The Kier molecular flexibility index (Phi) is 8.66. The van der Waals surface area contributed by atoms with Gasteiger partial charge in [-0.05, 0) is 264 Å². The third kappa shape index (κ3) is 6.07. The molecule has 8 bridgehead atoms. The molecule has 19 rings (SSSR count). The van der Waals surface area contributed by atoms with Crippen LogP contribution >= 0.6 is 0 Å². The second kappa shape index (κ2) is 14.6. The number of benzene rings is 6. The SMILES string of the molecule is Cc1cc2c3c(c1)N(c1ccc(C(C)(C)C)cc1-c1ccccc1)c1c(oc4cc5c(cc14)C(C)(C)CCC5(C)C)B3n1c3ccc(C45CC6CC(CC(C6)C4)C5)cc3c3cc(C45CC6CC(CC(C6)C4)C5)cc-2c31. The molecule has 11 aliphatic rings. The molecule has 0 unspecified atom stereocenters. The summed E-state index contributed by atoms with van der Waals surface area (Å²) in [5.41, 5.74) is 25.0. The van der Waals surface area contributed by atoms with Crippen molar-refractivity contribution < 1.29 is 4.42 Å². The molecular weight excluding hydrogens is 908 g/mol. The summed E-state index contributed by atoms with van der Waals surface area (Å²) in [5.74, 6) is 5.38. The minimum absolute atomic E-state index is 0.0168. The molecule has 9 aliphatic carbocycles. The van der Waals surface area contributed by atoms with Crippen molar-refractivity contribution in [3.05, 3.63) is 137 Å². The molecule has 8 aromatic rings. The van der Waals surface area contributed by atoms with Crippen LogP contribution in [-0.2, 0) is 27.1 Å². The van der Waals surface area contributed by atoms with Crippen molar-refractivity contribution in [2.75, 3.05) is 4.90 Å². The van der Waals surface area contributed by atoms with Crippen LogP contribution < -0.4 is 16.0 Å². The summed E-state index contributed by atoms with van der Waals surface area (Å²) in [6.07, 6.45) is 19.4. The van der Waals surface area contributed by atoms with Crippen LogP contribution in [0.1, 0.15) is 172 Å². The lowest BCUT2D eigenvalue weighted by Gasteiger charge is -2.57. The molecule has 0 amide bonds. The molecule has 2 aliphatic heterocycles. The fourth-order valence-corrected chi connectivity index (χ4v) is 20.1. The number of rotatable bonds is 4. The minimum Gasteiger partial charge on any atom is -0.466 e. The molecule has 4 heterocycles. The first-order valence-electron chi connectivity index (χ1n) is 29.9. The molecule has 6 aromatic carbocycles. The Morgan fingerprint density at radius 2 is 1.15 bits per heavy atom. The molecule has 8 fully saturated rings. The van der Waals surface area contributed by atoms with Gasteiger partial charge in [0.2, 0.25) is 0 Å². The van der Waals surface area contributed by atoms with Gasteiger partial charge < -0.3 is 13.8 Å². The van der Waals surface area contributed by atoms with Gasteiger partial charge in [-0.25, -0.2) is 0 Å². The second-order valence-electron chi connectivity index (χ2n) is 29.7. The van der Waals surface area contributed by atoms with Gasteiger partial charge in [-0.2, -0.15) is 0 Å². The molecule has 378 valence electrons. The Labute approximate surface area is 446 Å². The van der Waals surface area contributed by atoms with Gasteiger partial charge in [0.1, 0.15) is 11.2 Å². The van der Waals surface area contributed by atoms with E-state index < -0.39 is 0 Å². The predicted molar refractivity (Wildman–Crippen MR) is 314 cm³/mol. The van der Waals surface area contributed by atoms with E-state index in [4.69, 9.17) is 4.42 Å². The fourth-order valence-electron chi connectivity index (χ4n) is 20.1. The number of furan rings is 1. The van der Waals surface area contributed by atoms with Crippen molar-refractivity contribution in [2.24, 2.45) is 35.5 Å². The number of aryl methyl sites for hydroxylation is 1. The van der Waals surface area contributed by atoms with Gasteiger partial charge in [-0.15, -0.1) is 0 Å². The average molecular weight is 983 g/mol. The highest BCUT2D eigenvalue weighted by Gasteiger charge is 2.55. The lowest BCUT2D eigenvalue weighted by Crippen LogP contribution is -2.56. The van der Waals surface area contributed by atoms with Crippen LogP contribution in [0.5, 0.6) is 0 Å². The van der Waals surface area contributed by atoms with Gasteiger partial charge in [0.25, 0.3) is 0 Å². The van der Waals surface area contributed by atoms with E-state index in [0.717, 1.165) is 46.8 Å². The minimum atomic E-state index is -0.135. The summed E-state index contributed by atoms with van der Waals surface area (Å²) in [4.78, 5) is 2.70. The van der Waals surface area contributed by atoms with Gasteiger partial charge >= 0.3 is 6.85 Å². The molecule has 0 saturated heterocycles. The number of fused-ring (bicyclic) bond motifs is 10. The van der Waals surface area contributed by atoms with Gasteiger partial charge in [-0.3, -0.25) is 0 Å². The Morgan fingerprint density at radius 3 is 1.77 bits per heavy atom. The Morgan fingerprint density at radius 1 is 0.547 bits per heavy atom. The molecule has 0 atom stereocenters.